The maximum Gasteiger partial charge on any atom is 0.327 e. The van der Waals surface area contributed by atoms with Gasteiger partial charge in [-0.25, -0.2) is 0 Å². The van der Waals surface area contributed by atoms with Gasteiger partial charge in [0.1, 0.15) is 6.54 Å². The summed E-state index contributed by atoms with van der Waals surface area (Å²) in [6, 6.07) is 7.81. The van der Waals surface area contributed by atoms with Gasteiger partial charge in [-0.2, -0.15) is 5.10 Å². The summed E-state index contributed by atoms with van der Waals surface area (Å²) in [4.78, 5) is 11.5. The first kappa shape index (κ1) is 11.6. The summed E-state index contributed by atoms with van der Waals surface area (Å²) in [5.41, 5.74) is 0.958. The highest BCUT2D eigenvalue weighted by molar-refractivity contribution is 5.80. The molecule has 0 spiro atoms. The van der Waals surface area contributed by atoms with Gasteiger partial charge in [0.05, 0.1) is 18.3 Å². The zero-order valence-corrected chi connectivity index (χ0v) is 9.93. The lowest BCUT2D eigenvalue weighted by atomic mass is 10.3. The molecule has 0 fully saturated rings. The van der Waals surface area contributed by atoms with E-state index < -0.39 is 0 Å². The lowest BCUT2D eigenvalue weighted by molar-refractivity contribution is -0.144. The summed E-state index contributed by atoms with van der Waals surface area (Å²) in [6.07, 6.45) is 3.69. The van der Waals surface area contributed by atoms with E-state index in [9.17, 15) is 4.79 Å². The molecule has 1 heterocycles. The number of benzene rings is 1. The average molecular weight is 232 g/mol. The van der Waals surface area contributed by atoms with Crippen molar-refractivity contribution in [3.63, 3.8) is 0 Å². The van der Waals surface area contributed by atoms with Gasteiger partial charge in [0.2, 0.25) is 0 Å². The number of rotatable bonds is 5. The van der Waals surface area contributed by atoms with Gasteiger partial charge in [0.25, 0.3) is 0 Å². The number of aromatic nitrogens is 2. The molecule has 0 bridgehead atoms. The van der Waals surface area contributed by atoms with Crippen molar-refractivity contribution in [3.8, 4) is 0 Å². The number of carbonyl (C=O) groups excluding carboxylic acids is 1. The molecule has 2 aromatic rings. The van der Waals surface area contributed by atoms with Crippen LogP contribution < -0.4 is 0 Å². The zero-order chi connectivity index (χ0) is 12.1. The normalized spacial score (nSPS) is 10.6. The van der Waals surface area contributed by atoms with Gasteiger partial charge >= 0.3 is 5.97 Å². The van der Waals surface area contributed by atoms with E-state index >= 15 is 0 Å². The molecule has 0 aliphatic rings. The maximum absolute atomic E-state index is 11.5. The van der Waals surface area contributed by atoms with Gasteiger partial charge in [-0.3, -0.25) is 9.48 Å². The molecule has 0 radical (unpaired) electrons. The van der Waals surface area contributed by atoms with Gasteiger partial charge in [-0.15, -0.1) is 0 Å². The van der Waals surface area contributed by atoms with Crippen LogP contribution in [0.4, 0.5) is 0 Å². The van der Waals surface area contributed by atoms with Gasteiger partial charge in [-0.1, -0.05) is 31.5 Å². The van der Waals surface area contributed by atoms with E-state index in [-0.39, 0.29) is 12.5 Å². The van der Waals surface area contributed by atoms with E-state index in [0.29, 0.717) is 6.61 Å². The SMILES string of the molecule is CCCCOC(=O)Cn1ncc2ccccc21. The molecule has 1 aromatic carbocycles. The van der Waals surface area contributed by atoms with Crippen LogP contribution in [0.15, 0.2) is 30.5 Å². The summed E-state index contributed by atoms with van der Waals surface area (Å²) < 4.78 is 6.78. The van der Waals surface area contributed by atoms with Crippen LogP contribution in [-0.4, -0.2) is 22.4 Å². The minimum absolute atomic E-state index is 0.178. The highest BCUT2D eigenvalue weighted by Gasteiger charge is 2.07. The minimum Gasteiger partial charge on any atom is -0.464 e. The number of unbranched alkanes of at least 4 members (excludes halogenated alkanes) is 1. The molecule has 0 unspecified atom stereocenters. The Bertz CT molecular complexity index is 505. The van der Waals surface area contributed by atoms with Crippen molar-refractivity contribution < 1.29 is 9.53 Å². The number of esters is 1. The van der Waals surface area contributed by atoms with Crippen molar-refractivity contribution >= 4 is 16.9 Å². The number of nitrogens with zero attached hydrogens (tertiary/aromatic N) is 2. The van der Waals surface area contributed by atoms with Crippen molar-refractivity contribution in [1.82, 2.24) is 9.78 Å². The van der Waals surface area contributed by atoms with Crippen LogP contribution in [0.5, 0.6) is 0 Å². The maximum atomic E-state index is 11.5. The second kappa shape index (κ2) is 5.48. The standard InChI is InChI=1S/C13H16N2O2/c1-2-3-8-17-13(16)10-15-12-7-5-4-6-11(12)9-14-15/h4-7,9H,2-3,8,10H2,1H3. The molecule has 0 amide bonds. The van der Waals surface area contributed by atoms with E-state index in [1.807, 2.05) is 24.3 Å². The molecule has 0 aliphatic heterocycles. The molecule has 0 atom stereocenters. The molecule has 17 heavy (non-hydrogen) atoms. The quantitative estimate of drug-likeness (QED) is 0.587. The predicted octanol–water partition coefficient (Wildman–Crippen LogP) is 2.38. The predicted molar refractivity (Wildman–Crippen MR) is 65.6 cm³/mol. The topological polar surface area (TPSA) is 44.1 Å². The van der Waals surface area contributed by atoms with E-state index in [4.69, 9.17) is 4.74 Å². The summed E-state index contributed by atoms with van der Waals surface area (Å²) in [5.74, 6) is -0.229. The van der Waals surface area contributed by atoms with Crippen LogP contribution >= 0.6 is 0 Å². The van der Waals surface area contributed by atoms with Crippen LogP contribution in [0, 0.1) is 0 Å². The molecule has 90 valence electrons. The number of carbonyl (C=O) groups is 1. The zero-order valence-electron chi connectivity index (χ0n) is 9.93. The molecule has 0 saturated carbocycles. The number of fused-ring (bicyclic) bond motifs is 1. The first-order valence-corrected chi connectivity index (χ1v) is 5.87. The van der Waals surface area contributed by atoms with Gasteiger partial charge < -0.3 is 4.74 Å². The second-order valence-electron chi connectivity index (χ2n) is 3.94. The Balaban J connectivity index is 2.01. The monoisotopic (exact) mass is 232 g/mol. The first-order valence-electron chi connectivity index (χ1n) is 5.87. The van der Waals surface area contributed by atoms with Crippen molar-refractivity contribution in [1.29, 1.82) is 0 Å². The van der Waals surface area contributed by atoms with Crippen LogP contribution in [-0.2, 0) is 16.1 Å². The molecule has 0 N–H and O–H groups in total. The summed E-state index contributed by atoms with van der Waals surface area (Å²) in [6.45, 7) is 2.74. The summed E-state index contributed by atoms with van der Waals surface area (Å²) in [7, 11) is 0. The Morgan fingerprint density at radius 1 is 1.41 bits per heavy atom. The Morgan fingerprint density at radius 3 is 3.06 bits per heavy atom. The van der Waals surface area contributed by atoms with Gasteiger partial charge in [-0.05, 0) is 12.5 Å². The van der Waals surface area contributed by atoms with E-state index in [1.165, 1.54) is 0 Å². The second-order valence-corrected chi connectivity index (χ2v) is 3.94. The lowest BCUT2D eigenvalue weighted by Gasteiger charge is -2.04. The number of ether oxygens (including phenoxy) is 1. The van der Waals surface area contributed by atoms with Gasteiger partial charge in [0.15, 0.2) is 0 Å². The Hall–Kier alpha value is -1.84. The van der Waals surface area contributed by atoms with Gasteiger partial charge in [0, 0.05) is 5.39 Å². The first-order chi connectivity index (χ1) is 8.31. The van der Waals surface area contributed by atoms with Crippen LogP contribution in [0.3, 0.4) is 0 Å². The Labute approximate surface area is 100 Å². The Kier molecular flexibility index (Phi) is 3.75. The summed E-state index contributed by atoms with van der Waals surface area (Å²) >= 11 is 0. The highest BCUT2D eigenvalue weighted by Crippen LogP contribution is 2.12. The van der Waals surface area contributed by atoms with E-state index in [0.717, 1.165) is 23.7 Å². The van der Waals surface area contributed by atoms with Crippen molar-refractivity contribution in [2.75, 3.05) is 6.61 Å². The third-order valence-electron chi connectivity index (χ3n) is 2.59. The number of hydrogen-bond donors (Lipinski definition) is 0. The van der Waals surface area contributed by atoms with E-state index in [2.05, 4.69) is 12.0 Å². The molecular weight excluding hydrogens is 216 g/mol. The fraction of sp³-hybridized carbons (Fsp3) is 0.385. The average Bonchev–Trinajstić information content (AvgIpc) is 2.73. The van der Waals surface area contributed by atoms with E-state index in [1.54, 1.807) is 10.9 Å². The number of para-hydroxylation sites is 1. The molecule has 0 aliphatic carbocycles. The summed E-state index contributed by atoms with van der Waals surface area (Å²) in [5, 5.41) is 5.22. The fourth-order valence-corrected chi connectivity index (χ4v) is 1.65. The van der Waals surface area contributed by atoms with Crippen molar-refractivity contribution in [3.05, 3.63) is 30.5 Å². The number of hydrogen-bond acceptors (Lipinski definition) is 3. The molecule has 0 saturated heterocycles. The minimum atomic E-state index is -0.229. The molecular formula is C13H16N2O2. The van der Waals surface area contributed by atoms with Crippen molar-refractivity contribution in [2.24, 2.45) is 0 Å². The third-order valence-corrected chi connectivity index (χ3v) is 2.59. The van der Waals surface area contributed by atoms with Crippen LogP contribution in [0.25, 0.3) is 10.9 Å². The van der Waals surface area contributed by atoms with Crippen LogP contribution in [0.2, 0.25) is 0 Å². The molecule has 4 heteroatoms. The third kappa shape index (κ3) is 2.84. The Morgan fingerprint density at radius 2 is 2.24 bits per heavy atom. The van der Waals surface area contributed by atoms with Crippen molar-refractivity contribution in [2.45, 2.75) is 26.3 Å². The molecule has 4 nitrogen and oxygen atoms in total. The highest BCUT2D eigenvalue weighted by atomic mass is 16.5. The lowest BCUT2D eigenvalue weighted by Crippen LogP contribution is -2.15. The molecule has 2 rings (SSSR count). The molecule has 1 aromatic heterocycles. The van der Waals surface area contributed by atoms with Crippen LogP contribution in [0.1, 0.15) is 19.8 Å². The smallest absolute Gasteiger partial charge is 0.327 e. The largest absolute Gasteiger partial charge is 0.464 e. The fourth-order valence-electron chi connectivity index (χ4n) is 1.65.